The number of phenolic OH excluding ortho intramolecular Hbond substituents is 1. The molecular weight excluding hydrogens is 461 g/mol. The summed E-state index contributed by atoms with van der Waals surface area (Å²) < 4.78 is 22.3. The Morgan fingerprint density at radius 3 is 2.56 bits per heavy atom. The number of ether oxygens (including phenoxy) is 4. The number of benzene rings is 2. The molecule has 2 aliphatic heterocycles. The zero-order valence-corrected chi connectivity index (χ0v) is 17.4. The summed E-state index contributed by atoms with van der Waals surface area (Å²) in [6, 6.07) is 9.17. The Bertz CT molecular complexity index is 843. The summed E-state index contributed by atoms with van der Waals surface area (Å²) in [5.41, 5.74) is 1.77. The summed E-state index contributed by atoms with van der Waals surface area (Å²) >= 11 is 2.47. The maximum absolute atomic E-state index is 10.8. The Morgan fingerprint density at radius 2 is 1.89 bits per heavy atom. The van der Waals surface area contributed by atoms with Gasteiger partial charge in [0.2, 0.25) is 6.79 Å². The fraction of sp³-hybridized carbons (Fsp3) is 0.400. The molecule has 1 fully saturated rings. The normalized spacial score (nSPS) is 19.9. The molecule has 1 saturated heterocycles. The number of halogens is 1. The molecule has 0 radical (unpaired) electrons. The van der Waals surface area contributed by atoms with Crippen molar-refractivity contribution in [3.05, 3.63) is 41.5 Å². The molecule has 0 saturated carbocycles. The van der Waals surface area contributed by atoms with Gasteiger partial charge in [0.05, 0.1) is 24.3 Å². The van der Waals surface area contributed by atoms with Crippen LogP contribution in [0.4, 0.5) is 0 Å². The van der Waals surface area contributed by atoms with E-state index in [4.69, 9.17) is 18.9 Å². The molecule has 0 aliphatic carbocycles. The largest absolute Gasteiger partial charge is 0.507 e. The maximum Gasteiger partial charge on any atom is 0.231 e. The first-order valence-electron chi connectivity index (χ1n) is 8.86. The van der Waals surface area contributed by atoms with Crippen LogP contribution in [0.2, 0.25) is 0 Å². The molecule has 2 atom stereocenters. The Morgan fingerprint density at radius 1 is 1.11 bits per heavy atom. The highest BCUT2D eigenvalue weighted by Gasteiger charge is 2.35. The van der Waals surface area contributed by atoms with E-state index in [0.717, 1.165) is 42.0 Å². The van der Waals surface area contributed by atoms with Gasteiger partial charge in [0, 0.05) is 29.8 Å². The molecule has 2 aromatic rings. The predicted octanol–water partition coefficient (Wildman–Crippen LogP) is 4.08. The number of rotatable bonds is 5. The second kappa shape index (κ2) is 7.63. The molecule has 0 spiro atoms. The highest BCUT2D eigenvalue weighted by molar-refractivity contribution is 14.1. The highest BCUT2D eigenvalue weighted by Crippen LogP contribution is 2.47. The van der Waals surface area contributed by atoms with E-state index in [-0.39, 0.29) is 18.6 Å². The molecule has 0 bridgehead atoms. The number of phenols is 1. The van der Waals surface area contributed by atoms with E-state index in [1.54, 1.807) is 20.3 Å². The quantitative estimate of drug-likeness (QED) is 0.393. The minimum Gasteiger partial charge on any atom is -0.507 e. The lowest BCUT2D eigenvalue weighted by Crippen LogP contribution is -2.31. The fourth-order valence-electron chi connectivity index (χ4n) is 3.77. The molecule has 2 aliphatic rings. The Hall–Kier alpha value is -1.87. The molecule has 27 heavy (non-hydrogen) atoms. The number of likely N-dealkylation sites (tertiary alicyclic amines) is 1. The molecule has 144 valence electrons. The predicted molar refractivity (Wildman–Crippen MR) is 109 cm³/mol. The summed E-state index contributed by atoms with van der Waals surface area (Å²) in [6.07, 6.45) is 2.23. The van der Waals surface area contributed by atoms with Crippen LogP contribution in [0.25, 0.3) is 0 Å². The van der Waals surface area contributed by atoms with Gasteiger partial charge >= 0.3 is 0 Å². The van der Waals surface area contributed by atoms with Gasteiger partial charge in [-0.1, -0.05) is 22.6 Å². The Balaban J connectivity index is 1.86. The second-order valence-corrected chi connectivity index (χ2v) is 8.03. The molecule has 1 N–H and O–H groups in total. The van der Waals surface area contributed by atoms with Gasteiger partial charge in [-0.2, -0.15) is 0 Å². The third-order valence-electron chi connectivity index (χ3n) is 5.10. The average Bonchev–Trinajstić information content (AvgIpc) is 3.31. The third kappa shape index (κ3) is 3.38. The van der Waals surface area contributed by atoms with E-state index < -0.39 is 0 Å². The number of hydrogen-bond acceptors (Lipinski definition) is 6. The van der Waals surface area contributed by atoms with Crippen molar-refractivity contribution in [3.63, 3.8) is 0 Å². The first-order chi connectivity index (χ1) is 13.1. The lowest BCUT2D eigenvalue weighted by molar-refractivity contribution is 0.173. The standard InChI is InChI=1S/C20H22INO5/c1-24-12-5-6-13(16(8-12)25-2)20(22-7-3-4-19(22)21)14-9-17-18(10-15(14)23)27-11-26-17/h5-6,8-10,19-20,23H,3-4,7,11H2,1-2H3. The molecule has 6 nitrogen and oxygen atoms in total. The molecule has 7 heteroatoms. The van der Waals surface area contributed by atoms with Gasteiger partial charge in [-0.05, 0) is 31.0 Å². The van der Waals surface area contributed by atoms with E-state index in [9.17, 15) is 5.11 Å². The van der Waals surface area contributed by atoms with Gasteiger partial charge < -0.3 is 24.1 Å². The van der Waals surface area contributed by atoms with Gasteiger partial charge in [0.25, 0.3) is 0 Å². The monoisotopic (exact) mass is 483 g/mol. The molecular formula is C20H22INO5. The summed E-state index contributed by atoms with van der Waals surface area (Å²) in [7, 11) is 3.29. The third-order valence-corrected chi connectivity index (χ3v) is 6.44. The van der Waals surface area contributed by atoms with Crippen molar-refractivity contribution in [2.45, 2.75) is 22.9 Å². The number of nitrogens with zero attached hydrogens (tertiary/aromatic N) is 1. The lowest BCUT2D eigenvalue weighted by Gasteiger charge is -2.32. The van der Waals surface area contributed by atoms with Crippen molar-refractivity contribution in [2.75, 3.05) is 27.6 Å². The summed E-state index contributed by atoms with van der Waals surface area (Å²) in [6.45, 7) is 1.12. The number of alkyl halides is 1. The first-order valence-corrected chi connectivity index (χ1v) is 10.1. The van der Waals surface area contributed by atoms with Gasteiger partial charge in [-0.25, -0.2) is 0 Å². The molecule has 0 aromatic heterocycles. The fourth-order valence-corrected chi connectivity index (χ4v) is 4.81. The number of hydrogen-bond donors (Lipinski definition) is 1. The van der Waals surface area contributed by atoms with Crippen molar-refractivity contribution < 1.29 is 24.1 Å². The zero-order chi connectivity index (χ0) is 19.0. The van der Waals surface area contributed by atoms with Gasteiger partial charge in [0.15, 0.2) is 11.5 Å². The van der Waals surface area contributed by atoms with Crippen molar-refractivity contribution in [2.24, 2.45) is 0 Å². The molecule has 2 heterocycles. The van der Waals surface area contributed by atoms with E-state index in [1.807, 2.05) is 24.3 Å². The van der Waals surface area contributed by atoms with Crippen LogP contribution >= 0.6 is 22.6 Å². The van der Waals surface area contributed by atoms with Crippen molar-refractivity contribution in [1.29, 1.82) is 0 Å². The van der Waals surface area contributed by atoms with E-state index in [2.05, 4.69) is 27.5 Å². The SMILES string of the molecule is COc1ccc(C(c2cc3c(cc2O)OCO3)N2CCCC2I)c(OC)c1. The van der Waals surface area contributed by atoms with Crippen LogP contribution in [0.1, 0.15) is 30.0 Å². The minimum absolute atomic E-state index is 0.162. The number of aromatic hydroxyl groups is 1. The van der Waals surface area contributed by atoms with E-state index in [0.29, 0.717) is 15.5 Å². The molecule has 2 unspecified atom stereocenters. The van der Waals surface area contributed by atoms with Crippen LogP contribution in [0.15, 0.2) is 30.3 Å². The molecule has 2 aromatic carbocycles. The smallest absolute Gasteiger partial charge is 0.231 e. The van der Waals surface area contributed by atoms with Gasteiger partial charge in [-0.15, -0.1) is 0 Å². The molecule has 0 amide bonds. The maximum atomic E-state index is 10.8. The van der Waals surface area contributed by atoms with Crippen LogP contribution in [-0.2, 0) is 0 Å². The van der Waals surface area contributed by atoms with Crippen molar-refractivity contribution in [3.8, 4) is 28.7 Å². The van der Waals surface area contributed by atoms with Crippen LogP contribution in [0.5, 0.6) is 28.7 Å². The van der Waals surface area contributed by atoms with Crippen LogP contribution < -0.4 is 18.9 Å². The summed E-state index contributed by atoms with van der Waals surface area (Å²) in [5, 5.41) is 10.8. The zero-order valence-electron chi connectivity index (χ0n) is 15.3. The van der Waals surface area contributed by atoms with Crippen molar-refractivity contribution in [1.82, 2.24) is 4.90 Å². The van der Waals surface area contributed by atoms with Crippen LogP contribution in [-0.4, -0.2) is 41.6 Å². The van der Waals surface area contributed by atoms with Crippen molar-refractivity contribution >= 4 is 22.6 Å². The summed E-state index contributed by atoms with van der Waals surface area (Å²) in [5.74, 6) is 2.88. The first kappa shape index (κ1) is 18.5. The lowest BCUT2D eigenvalue weighted by atomic mass is 9.95. The van der Waals surface area contributed by atoms with Crippen LogP contribution in [0, 0.1) is 0 Å². The average molecular weight is 483 g/mol. The number of fused-ring (bicyclic) bond motifs is 1. The Kier molecular flexibility index (Phi) is 5.23. The highest BCUT2D eigenvalue weighted by atomic mass is 127. The minimum atomic E-state index is -0.162. The van der Waals surface area contributed by atoms with E-state index >= 15 is 0 Å². The second-order valence-electron chi connectivity index (χ2n) is 6.59. The topological polar surface area (TPSA) is 60.4 Å². The van der Waals surface area contributed by atoms with Gasteiger partial charge in [0.1, 0.15) is 17.2 Å². The molecule has 4 rings (SSSR count). The van der Waals surface area contributed by atoms with E-state index in [1.165, 1.54) is 0 Å². The summed E-state index contributed by atoms with van der Waals surface area (Å²) in [4.78, 5) is 2.39. The van der Waals surface area contributed by atoms with Gasteiger partial charge in [-0.3, -0.25) is 4.90 Å². The number of methoxy groups -OCH3 is 2. The Labute approximate surface area is 172 Å². The van der Waals surface area contributed by atoms with Crippen LogP contribution in [0.3, 0.4) is 0 Å².